The predicted octanol–water partition coefficient (Wildman–Crippen LogP) is 1.99. The van der Waals surface area contributed by atoms with Gasteiger partial charge in [-0.25, -0.2) is 0 Å². The summed E-state index contributed by atoms with van der Waals surface area (Å²) in [5, 5.41) is 0. The maximum Gasteiger partial charge on any atom is 0.0331 e. The molecule has 3 rings (SSSR count). The summed E-state index contributed by atoms with van der Waals surface area (Å²) in [6, 6.07) is 0. The lowest BCUT2D eigenvalue weighted by Crippen LogP contribution is -2.51. The van der Waals surface area contributed by atoms with Crippen LogP contribution in [0.4, 0.5) is 0 Å². The summed E-state index contributed by atoms with van der Waals surface area (Å²) in [4.78, 5) is 2.77. The van der Waals surface area contributed by atoms with Crippen LogP contribution >= 0.6 is 0 Å². The molecule has 2 heteroatoms. The molecule has 0 amide bonds. The van der Waals surface area contributed by atoms with Gasteiger partial charge in [0.15, 0.2) is 0 Å². The highest BCUT2D eigenvalue weighted by Crippen LogP contribution is 2.44. The third kappa shape index (κ3) is 1.53. The maximum atomic E-state index is 6.06. The van der Waals surface area contributed by atoms with Gasteiger partial charge in [0.1, 0.15) is 0 Å². The van der Waals surface area contributed by atoms with Crippen LogP contribution < -0.4 is 5.73 Å². The molecule has 0 aromatic carbocycles. The molecule has 2 nitrogen and oxygen atoms in total. The van der Waals surface area contributed by atoms with Crippen LogP contribution in [0.1, 0.15) is 44.9 Å². The zero-order valence-electron chi connectivity index (χ0n) is 9.75. The molecule has 2 aliphatic carbocycles. The van der Waals surface area contributed by atoms with E-state index in [0.29, 0.717) is 5.54 Å². The SMILES string of the molecule is NCC1(N2CC3CCCC3C2)CCCC1. The number of likely N-dealkylation sites (tertiary alicyclic amines) is 1. The van der Waals surface area contributed by atoms with Crippen molar-refractivity contribution >= 4 is 0 Å². The Morgan fingerprint density at radius 1 is 1.00 bits per heavy atom. The Balaban J connectivity index is 1.72. The van der Waals surface area contributed by atoms with E-state index in [-0.39, 0.29) is 0 Å². The van der Waals surface area contributed by atoms with Crippen LogP contribution in [0.3, 0.4) is 0 Å². The summed E-state index contributed by atoms with van der Waals surface area (Å²) in [6.07, 6.45) is 10.0. The summed E-state index contributed by atoms with van der Waals surface area (Å²) in [7, 11) is 0. The predicted molar refractivity (Wildman–Crippen MR) is 62.7 cm³/mol. The third-order valence-corrected chi connectivity index (χ3v) is 5.31. The van der Waals surface area contributed by atoms with Gasteiger partial charge < -0.3 is 5.73 Å². The average molecular weight is 208 g/mol. The summed E-state index contributed by atoms with van der Waals surface area (Å²) >= 11 is 0. The van der Waals surface area contributed by atoms with Gasteiger partial charge in [0.2, 0.25) is 0 Å². The van der Waals surface area contributed by atoms with E-state index in [1.807, 2.05) is 0 Å². The molecule has 3 fully saturated rings. The highest BCUT2D eigenvalue weighted by molar-refractivity contribution is 5.01. The van der Waals surface area contributed by atoms with Crippen LogP contribution in [0.5, 0.6) is 0 Å². The van der Waals surface area contributed by atoms with Gasteiger partial charge in [0.05, 0.1) is 0 Å². The first kappa shape index (κ1) is 10.1. The first-order chi connectivity index (χ1) is 7.34. The molecule has 3 aliphatic rings. The molecular formula is C13H24N2. The molecule has 2 saturated carbocycles. The molecule has 1 aliphatic heterocycles. The molecule has 0 aromatic heterocycles. The van der Waals surface area contributed by atoms with Crippen molar-refractivity contribution in [2.75, 3.05) is 19.6 Å². The van der Waals surface area contributed by atoms with Gasteiger partial charge in [-0.05, 0) is 37.5 Å². The minimum atomic E-state index is 0.421. The number of rotatable bonds is 2. The van der Waals surface area contributed by atoms with Crippen LogP contribution in [0, 0.1) is 11.8 Å². The van der Waals surface area contributed by atoms with Gasteiger partial charge in [-0.15, -0.1) is 0 Å². The zero-order valence-corrected chi connectivity index (χ0v) is 9.75. The van der Waals surface area contributed by atoms with E-state index in [1.165, 1.54) is 58.0 Å². The number of hydrogen-bond donors (Lipinski definition) is 1. The van der Waals surface area contributed by atoms with Gasteiger partial charge in [0.25, 0.3) is 0 Å². The lowest BCUT2D eigenvalue weighted by molar-refractivity contribution is 0.119. The zero-order chi connectivity index (χ0) is 10.3. The van der Waals surface area contributed by atoms with Crippen molar-refractivity contribution in [2.24, 2.45) is 17.6 Å². The molecule has 15 heavy (non-hydrogen) atoms. The number of hydrogen-bond acceptors (Lipinski definition) is 2. The second-order valence-electron chi connectivity index (χ2n) is 5.99. The van der Waals surface area contributed by atoms with Gasteiger partial charge in [-0.2, -0.15) is 0 Å². The van der Waals surface area contributed by atoms with Gasteiger partial charge in [-0.1, -0.05) is 19.3 Å². The molecular weight excluding hydrogens is 184 g/mol. The summed E-state index contributed by atoms with van der Waals surface area (Å²) in [5.41, 5.74) is 6.48. The van der Waals surface area contributed by atoms with Crippen molar-refractivity contribution in [3.8, 4) is 0 Å². The minimum Gasteiger partial charge on any atom is -0.329 e. The van der Waals surface area contributed by atoms with Crippen LogP contribution in [-0.2, 0) is 0 Å². The fourth-order valence-electron chi connectivity index (χ4n) is 4.30. The van der Waals surface area contributed by atoms with Gasteiger partial charge in [-0.3, -0.25) is 4.90 Å². The van der Waals surface area contributed by atoms with Crippen molar-refractivity contribution in [2.45, 2.75) is 50.5 Å². The summed E-state index contributed by atoms with van der Waals surface area (Å²) in [5.74, 6) is 2.04. The molecule has 2 unspecified atom stereocenters. The minimum absolute atomic E-state index is 0.421. The van der Waals surface area contributed by atoms with E-state index < -0.39 is 0 Å². The van der Waals surface area contributed by atoms with E-state index in [2.05, 4.69) is 4.90 Å². The smallest absolute Gasteiger partial charge is 0.0331 e. The molecule has 1 saturated heterocycles. The Morgan fingerprint density at radius 3 is 2.13 bits per heavy atom. The summed E-state index contributed by atoms with van der Waals surface area (Å²) in [6.45, 7) is 3.62. The third-order valence-electron chi connectivity index (χ3n) is 5.31. The van der Waals surface area contributed by atoms with E-state index in [9.17, 15) is 0 Å². The Kier molecular flexibility index (Phi) is 2.52. The first-order valence-corrected chi connectivity index (χ1v) is 6.79. The fourth-order valence-corrected chi connectivity index (χ4v) is 4.30. The number of nitrogens with two attached hydrogens (primary N) is 1. The van der Waals surface area contributed by atoms with Crippen molar-refractivity contribution in [1.29, 1.82) is 0 Å². The van der Waals surface area contributed by atoms with Crippen LogP contribution in [-0.4, -0.2) is 30.1 Å². The average Bonchev–Trinajstić information content (AvgIpc) is 2.92. The molecule has 2 atom stereocenters. The van der Waals surface area contributed by atoms with Crippen molar-refractivity contribution in [1.82, 2.24) is 4.90 Å². The summed E-state index contributed by atoms with van der Waals surface area (Å²) < 4.78 is 0. The second kappa shape index (κ2) is 3.74. The quantitative estimate of drug-likeness (QED) is 0.752. The Hall–Kier alpha value is -0.0800. The van der Waals surface area contributed by atoms with Gasteiger partial charge >= 0.3 is 0 Å². The molecule has 0 radical (unpaired) electrons. The normalized spacial score (nSPS) is 39.8. The first-order valence-electron chi connectivity index (χ1n) is 6.79. The maximum absolute atomic E-state index is 6.06. The Labute approximate surface area is 93.2 Å². The lowest BCUT2D eigenvalue weighted by atomic mass is 9.95. The van der Waals surface area contributed by atoms with Gasteiger partial charge in [0, 0.05) is 25.2 Å². The van der Waals surface area contributed by atoms with Crippen molar-refractivity contribution in [3.63, 3.8) is 0 Å². The fraction of sp³-hybridized carbons (Fsp3) is 1.00. The molecule has 0 bridgehead atoms. The van der Waals surface area contributed by atoms with E-state index >= 15 is 0 Å². The second-order valence-corrected chi connectivity index (χ2v) is 5.99. The van der Waals surface area contributed by atoms with E-state index in [0.717, 1.165) is 18.4 Å². The van der Waals surface area contributed by atoms with Crippen LogP contribution in [0.2, 0.25) is 0 Å². The molecule has 86 valence electrons. The standard InChI is InChI=1S/C13H24N2/c14-10-13(6-1-2-7-13)15-8-11-4-3-5-12(11)9-15/h11-12H,1-10,14H2. The van der Waals surface area contributed by atoms with Crippen LogP contribution in [0.25, 0.3) is 0 Å². The van der Waals surface area contributed by atoms with E-state index in [1.54, 1.807) is 0 Å². The highest BCUT2D eigenvalue weighted by atomic mass is 15.2. The largest absolute Gasteiger partial charge is 0.329 e. The number of nitrogens with zero attached hydrogens (tertiary/aromatic N) is 1. The molecule has 0 aromatic rings. The van der Waals surface area contributed by atoms with E-state index in [4.69, 9.17) is 5.73 Å². The monoisotopic (exact) mass is 208 g/mol. The Morgan fingerprint density at radius 2 is 1.60 bits per heavy atom. The molecule has 0 spiro atoms. The van der Waals surface area contributed by atoms with Crippen LogP contribution in [0.15, 0.2) is 0 Å². The topological polar surface area (TPSA) is 29.3 Å². The molecule has 1 heterocycles. The molecule has 2 N–H and O–H groups in total. The highest BCUT2D eigenvalue weighted by Gasteiger charge is 2.46. The van der Waals surface area contributed by atoms with Crippen molar-refractivity contribution < 1.29 is 0 Å². The van der Waals surface area contributed by atoms with Crippen molar-refractivity contribution in [3.05, 3.63) is 0 Å². The number of fused-ring (bicyclic) bond motifs is 1. The Bertz CT molecular complexity index is 221. The lowest BCUT2D eigenvalue weighted by Gasteiger charge is -2.38.